The summed E-state index contributed by atoms with van der Waals surface area (Å²) in [5, 5.41) is 17.3. The number of allylic oxidation sites excluding steroid dienone is 2. The summed E-state index contributed by atoms with van der Waals surface area (Å²) in [6.45, 7) is 10.7. The number of carbonyl (C=O) groups is 3. The largest absolute Gasteiger partial charge is 0.384 e. The van der Waals surface area contributed by atoms with E-state index in [0.29, 0.717) is 78.5 Å². The normalized spacial score (nSPS) is 24.9. The molecule has 2 unspecified atom stereocenters. The summed E-state index contributed by atoms with van der Waals surface area (Å²) in [4.78, 5) is 77.1. The van der Waals surface area contributed by atoms with Crippen molar-refractivity contribution in [1.82, 2.24) is 44.3 Å². The van der Waals surface area contributed by atoms with E-state index >= 15 is 0 Å². The van der Waals surface area contributed by atoms with E-state index < -0.39 is 11.6 Å². The zero-order valence-electron chi connectivity index (χ0n) is 37.3. The van der Waals surface area contributed by atoms with Crippen molar-refractivity contribution < 1.29 is 19.5 Å². The molecule has 0 radical (unpaired) electrons. The van der Waals surface area contributed by atoms with Gasteiger partial charge in [0.15, 0.2) is 11.5 Å². The predicted molar refractivity (Wildman–Crippen MR) is 250 cm³/mol. The average Bonchev–Trinajstić information content (AvgIpc) is 4.03. The second-order valence-corrected chi connectivity index (χ2v) is 18.9. The van der Waals surface area contributed by atoms with Crippen LogP contribution < -0.4 is 26.0 Å². The van der Waals surface area contributed by atoms with E-state index in [4.69, 9.17) is 9.97 Å². The van der Waals surface area contributed by atoms with Gasteiger partial charge in [-0.05, 0) is 106 Å². The molecule has 6 aliphatic rings. The van der Waals surface area contributed by atoms with Gasteiger partial charge in [0.25, 0.3) is 11.5 Å². The van der Waals surface area contributed by atoms with E-state index in [1.807, 2.05) is 54.6 Å². The van der Waals surface area contributed by atoms with Crippen LogP contribution >= 0.6 is 0 Å². The Labute approximate surface area is 382 Å². The fourth-order valence-corrected chi connectivity index (χ4v) is 11.0. The van der Waals surface area contributed by atoms with Crippen LogP contribution in [0.15, 0.2) is 83.8 Å². The first-order chi connectivity index (χ1) is 32.1. The first-order valence-electron chi connectivity index (χ1n) is 23.5. The highest BCUT2D eigenvalue weighted by Gasteiger charge is 2.40. The van der Waals surface area contributed by atoms with Gasteiger partial charge in [0.1, 0.15) is 17.0 Å². The summed E-state index contributed by atoms with van der Waals surface area (Å²) in [5.74, 6) is 0.0908. The molecule has 17 heteroatoms. The van der Waals surface area contributed by atoms with Gasteiger partial charge in [-0.3, -0.25) is 34.3 Å². The Bertz CT molecular complexity index is 2790. The molecule has 0 saturated carbocycles. The minimum atomic E-state index is -1.12. The smallest absolute Gasteiger partial charge is 0.278 e. The highest BCUT2D eigenvalue weighted by Crippen LogP contribution is 2.34. The number of piperidine rings is 2. The Kier molecular flexibility index (Phi) is 10.9. The Morgan fingerprint density at radius 2 is 1.58 bits per heavy atom. The lowest BCUT2D eigenvalue weighted by Gasteiger charge is -2.40. The highest BCUT2D eigenvalue weighted by atomic mass is 16.3. The maximum Gasteiger partial charge on any atom is 0.278 e. The minimum Gasteiger partial charge on any atom is -0.384 e. The molecule has 4 saturated heterocycles. The number of carbonyl (C=O) groups excluding carboxylic acids is 3. The molecule has 4 fully saturated rings. The van der Waals surface area contributed by atoms with Crippen molar-refractivity contribution in [3.8, 4) is 5.82 Å². The number of likely N-dealkylation sites (tertiary alicyclic amines) is 1. The number of imide groups is 1. The van der Waals surface area contributed by atoms with E-state index in [9.17, 15) is 24.3 Å². The fourth-order valence-electron chi connectivity index (χ4n) is 11.0. The molecular formula is C49H56N12O5. The van der Waals surface area contributed by atoms with Crippen molar-refractivity contribution in [2.24, 2.45) is 0 Å². The van der Waals surface area contributed by atoms with Gasteiger partial charge >= 0.3 is 0 Å². The number of hydrogen-bond donors (Lipinski definition) is 3. The second kappa shape index (κ2) is 17.1. The number of benzene rings is 2. The number of nitrogens with one attached hydrogen (secondary N) is 2. The number of hydrogen-bond acceptors (Lipinski definition) is 13. The van der Waals surface area contributed by atoms with Crippen LogP contribution in [0.4, 0.5) is 23.0 Å². The number of nitrogens with zero attached hydrogens (tertiary/aromatic N) is 10. The number of amides is 3. The molecule has 66 heavy (non-hydrogen) atoms. The van der Waals surface area contributed by atoms with Crippen LogP contribution in [0.1, 0.15) is 73.5 Å². The zero-order valence-corrected chi connectivity index (χ0v) is 37.3. The van der Waals surface area contributed by atoms with Crippen molar-refractivity contribution in [1.29, 1.82) is 0 Å². The molecule has 3 N–H and O–H groups in total. The SMILES string of the molecule is C[C@@]1(O)CC/C=C\Cn2c(=O)c3cnc(Nc4ccc(N5CCN(C6CCN(C7CCN(c8ccc9c(c8)CN(C8CCC(=O)NC8=O)C9=O)CC7)C6)CC5)cc4)nc3n2-c2cccc1n2. The summed E-state index contributed by atoms with van der Waals surface area (Å²) >= 11 is 0. The summed E-state index contributed by atoms with van der Waals surface area (Å²) in [5.41, 5.74) is 4.42. The Morgan fingerprint density at radius 3 is 2.38 bits per heavy atom. The quantitative estimate of drug-likeness (QED) is 0.159. The van der Waals surface area contributed by atoms with Crippen molar-refractivity contribution in [2.45, 2.75) is 88.7 Å². The fraction of sp³-hybridized carbons (Fsp3) is 0.449. The molecule has 0 aliphatic carbocycles. The number of pyridine rings is 1. The third kappa shape index (κ3) is 7.91. The van der Waals surface area contributed by atoms with Crippen LogP contribution in [0.3, 0.4) is 0 Å². The summed E-state index contributed by atoms with van der Waals surface area (Å²) in [6, 6.07) is 20.5. The van der Waals surface area contributed by atoms with Crippen LogP contribution in [0.2, 0.25) is 0 Å². The van der Waals surface area contributed by atoms with Gasteiger partial charge in [-0.1, -0.05) is 18.2 Å². The number of anilines is 4. The molecule has 5 aromatic rings. The average molecular weight is 893 g/mol. The van der Waals surface area contributed by atoms with Gasteiger partial charge in [-0.15, -0.1) is 0 Å². The molecule has 0 spiro atoms. The molecule has 9 heterocycles. The number of aliphatic hydroxyl groups is 1. The Balaban J connectivity index is 0.674. The van der Waals surface area contributed by atoms with Crippen molar-refractivity contribution in [3.63, 3.8) is 0 Å². The number of aromatic nitrogens is 5. The lowest BCUT2D eigenvalue weighted by atomic mass is 9.95. The summed E-state index contributed by atoms with van der Waals surface area (Å²) < 4.78 is 3.33. The lowest BCUT2D eigenvalue weighted by molar-refractivity contribution is -0.136. The van der Waals surface area contributed by atoms with Gasteiger partial charge in [0.2, 0.25) is 17.8 Å². The first-order valence-corrected chi connectivity index (χ1v) is 23.5. The second-order valence-electron chi connectivity index (χ2n) is 18.9. The molecule has 11 rings (SSSR count). The van der Waals surface area contributed by atoms with Crippen LogP contribution in [-0.2, 0) is 28.3 Å². The summed E-state index contributed by atoms with van der Waals surface area (Å²) in [7, 11) is 0. The van der Waals surface area contributed by atoms with Gasteiger partial charge in [0.05, 0.1) is 12.2 Å². The molecule has 342 valence electrons. The van der Waals surface area contributed by atoms with Crippen LogP contribution in [0.5, 0.6) is 0 Å². The number of rotatable bonds is 7. The van der Waals surface area contributed by atoms with E-state index in [1.54, 1.807) is 27.4 Å². The molecule has 3 aromatic heterocycles. The van der Waals surface area contributed by atoms with E-state index in [2.05, 4.69) is 53.4 Å². The van der Waals surface area contributed by atoms with Gasteiger partial charge in [-0.2, -0.15) is 4.98 Å². The van der Waals surface area contributed by atoms with E-state index in [-0.39, 0.29) is 29.7 Å². The summed E-state index contributed by atoms with van der Waals surface area (Å²) in [6.07, 6.45) is 10.7. The first kappa shape index (κ1) is 42.2. The van der Waals surface area contributed by atoms with Crippen LogP contribution in [0, 0.1) is 0 Å². The van der Waals surface area contributed by atoms with Gasteiger partial charge in [0, 0.05) is 106 Å². The van der Waals surface area contributed by atoms with Crippen molar-refractivity contribution in [3.05, 3.63) is 106 Å². The monoisotopic (exact) mass is 892 g/mol. The maximum atomic E-state index is 13.6. The Hall–Kier alpha value is -6.43. The molecular weight excluding hydrogens is 837 g/mol. The predicted octanol–water partition coefficient (Wildman–Crippen LogP) is 3.90. The molecule has 2 aromatic carbocycles. The zero-order chi connectivity index (χ0) is 45.1. The van der Waals surface area contributed by atoms with Crippen molar-refractivity contribution in [2.75, 3.05) is 67.5 Å². The molecule has 6 aliphatic heterocycles. The highest BCUT2D eigenvalue weighted by molar-refractivity contribution is 6.05. The Morgan fingerprint density at radius 1 is 0.803 bits per heavy atom. The van der Waals surface area contributed by atoms with Gasteiger partial charge < -0.3 is 25.1 Å². The van der Waals surface area contributed by atoms with E-state index in [0.717, 1.165) is 82.1 Å². The van der Waals surface area contributed by atoms with Crippen LogP contribution in [-0.4, -0.2) is 132 Å². The lowest BCUT2D eigenvalue weighted by Crippen LogP contribution is -2.52. The minimum absolute atomic E-state index is 0.130. The maximum absolute atomic E-state index is 13.6. The molecule has 2 bridgehead atoms. The number of piperazine rings is 1. The van der Waals surface area contributed by atoms with E-state index in [1.165, 1.54) is 12.1 Å². The molecule has 3 amide bonds. The third-order valence-electron chi connectivity index (χ3n) is 14.8. The van der Waals surface area contributed by atoms with Crippen molar-refractivity contribution >= 4 is 51.8 Å². The molecule has 3 atom stereocenters. The van der Waals surface area contributed by atoms with Crippen LogP contribution in [0.25, 0.3) is 16.9 Å². The molecule has 17 nitrogen and oxygen atoms in total. The third-order valence-corrected chi connectivity index (χ3v) is 14.8. The topological polar surface area (TPSA) is 177 Å². The number of fused-ring (bicyclic) bond motifs is 7. The van der Waals surface area contributed by atoms with Gasteiger partial charge in [-0.25, -0.2) is 19.3 Å². The standard InChI is InChI=1S/C49H56N12O5/c1-49(66)19-3-2-4-20-60-47(65)39-29-50-48(54-44(39)61(60)42-7-5-6-41(49)52-42)51-33-8-10-34(11-9-33)56-24-26-57(27-25-56)37-18-23-58(31-37)35-16-21-55(22-17-35)36-12-13-38-32(28-36)30-59(46(38)64)40-14-15-43(62)53-45(40)63/h2,4-13,28-29,35,37,40,66H,3,14-27,30-31H2,1H3,(H,50,51,54)(H,53,62,63)/b4-2-/t37?,40?,49-/m1/s1.